The third-order valence-corrected chi connectivity index (χ3v) is 3.70. The molecule has 9 heteroatoms. The van der Waals surface area contributed by atoms with Gasteiger partial charge in [-0.25, -0.2) is 0 Å². The first-order valence-corrected chi connectivity index (χ1v) is 6.04. The summed E-state index contributed by atoms with van der Waals surface area (Å²) in [6, 6.07) is 0. The molecule has 2 aromatic heterocycles. The van der Waals surface area contributed by atoms with Crippen molar-refractivity contribution in [1.29, 1.82) is 0 Å². The normalized spacial score (nSPS) is 16.4. The molecule has 0 fully saturated rings. The summed E-state index contributed by atoms with van der Waals surface area (Å²) in [5.41, 5.74) is 2.85. The van der Waals surface area contributed by atoms with E-state index in [9.17, 15) is 13.2 Å². The van der Waals surface area contributed by atoms with Crippen LogP contribution in [-0.2, 0) is 5.54 Å². The topological polar surface area (TPSA) is 69.1 Å². The summed E-state index contributed by atoms with van der Waals surface area (Å²) in [6.07, 6.45) is -4.56. The van der Waals surface area contributed by atoms with Gasteiger partial charge in [0.1, 0.15) is 5.01 Å². The smallest absolute Gasteiger partial charge is 0.312 e. The lowest BCUT2D eigenvalue weighted by Crippen LogP contribution is -2.47. The number of aromatic nitrogens is 4. The van der Waals surface area contributed by atoms with E-state index in [1.165, 1.54) is 4.52 Å². The highest BCUT2D eigenvalue weighted by atomic mass is 32.1. The molecule has 0 spiro atoms. The van der Waals surface area contributed by atoms with Gasteiger partial charge in [0.05, 0.1) is 0 Å². The first kappa shape index (κ1) is 13.2. The van der Waals surface area contributed by atoms with E-state index in [-0.39, 0.29) is 10.9 Å². The molecule has 0 amide bonds. The number of hydrogen-bond acceptors (Lipinski definition) is 5. The van der Waals surface area contributed by atoms with E-state index in [4.69, 9.17) is 5.73 Å². The molecule has 18 heavy (non-hydrogen) atoms. The molecule has 1 atom stereocenters. The Bertz CT molecular complexity index is 568. The van der Waals surface area contributed by atoms with Gasteiger partial charge in [-0.3, -0.25) is 0 Å². The van der Waals surface area contributed by atoms with Crippen molar-refractivity contribution in [2.45, 2.75) is 38.4 Å². The summed E-state index contributed by atoms with van der Waals surface area (Å²) in [7, 11) is 0. The molecule has 2 N–H and O–H groups in total. The lowest BCUT2D eigenvalue weighted by atomic mass is 10.1. The maximum Gasteiger partial charge on any atom is 0.412 e. The van der Waals surface area contributed by atoms with Crippen LogP contribution < -0.4 is 5.73 Å². The van der Waals surface area contributed by atoms with Gasteiger partial charge in [-0.2, -0.15) is 22.8 Å². The lowest BCUT2D eigenvalue weighted by molar-refractivity contribution is -0.184. The number of fused-ring (bicyclic) bond motifs is 1. The highest BCUT2D eigenvalue weighted by molar-refractivity contribution is 7.16. The summed E-state index contributed by atoms with van der Waals surface area (Å²) < 4.78 is 39.7. The average Bonchev–Trinajstić information content (AvgIpc) is 2.72. The van der Waals surface area contributed by atoms with Crippen LogP contribution >= 0.6 is 11.3 Å². The monoisotopic (exact) mass is 279 g/mol. The first-order chi connectivity index (χ1) is 8.14. The van der Waals surface area contributed by atoms with Gasteiger partial charge in [0.15, 0.2) is 11.4 Å². The van der Waals surface area contributed by atoms with Crippen LogP contribution in [0.15, 0.2) is 0 Å². The van der Waals surface area contributed by atoms with Crippen LogP contribution in [0.1, 0.15) is 37.5 Å². The third kappa shape index (κ3) is 1.87. The molecule has 100 valence electrons. The second kappa shape index (κ2) is 3.89. The minimum absolute atomic E-state index is 0.0184. The van der Waals surface area contributed by atoms with Crippen LogP contribution in [0.25, 0.3) is 4.96 Å². The summed E-state index contributed by atoms with van der Waals surface area (Å²) in [5, 5.41) is 11.4. The van der Waals surface area contributed by atoms with E-state index in [0.29, 0.717) is 10.8 Å². The van der Waals surface area contributed by atoms with Crippen LogP contribution in [0.4, 0.5) is 13.2 Å². The summed E-state index contributed by atoms with van der Waals surface area (Å²) >= 11 is 0.803. The zero-order chi connectivity index (χ0) is 13.7. The van der Waals surface area contributed by atoms with Crippen LogP contribution in [0.5, 0.6) is 0 Å². The average molecular weight is 279 g/mol. The van der Waals surface area contributed by atoms with E-state index < -0.39 is 11.7 Å². The molecule has 2 aromatic rings. The molecule has 2 rings (SSSR count). The van der Waals surface area contributed by atoms with Gasteiger partial charge in [0.2, 0.25) is 4.96 Å². The number of halogens is 3. The van der Waals surface area contributed by atoms with Crippen molar-refractivity contribution in [3.63, 3.8) is 0 Å². The Kier molecular flexibility index (Phi) is 2.85. The highest BCUT2D eigenvalue weighted by Gasteiger charge is 2.52. The van der Waals surface area contributed by atoms with E-state index >= 15 is 0 Å². The Morgan fingerprint density at radius 1 is 1.28 bits per heavy atom. The minimum Gasteiger partial charge on any atom is -0.312 e. The van der Waals surface area contributed by atoms with Gasteiger partial charge in [0, 0.05) is 5.92 Å². The number of hydrogen-bond donors (Lipinski definition) is 1. The van der Waals surface area contributed by atoms with Gasteiger partial charge in [0.25, 0.3) is 0 Å². The molecule has 1 unspecified atom stereocenters. The Morgan fingerprint density at radius 2 is 1.89 bits per heavy atom. The van der Waals surface area contributed by atoms with Crippen molar-refractivity contribution in [3.8, 4) is 0 Å². The molecule has 0 aliphatic heterocycles. The number of rotatable bonds is 2. The third-order valence-electron chi connectivity index (χ3n) is 2.56. The fourth-order valence-corrected chi connectivity index (χ4v) is 2.25. The van der Waals surface area contributed by atoms with Gasteiger partial charge >= 0.3 is 6.18 Å². The predicted molar refractivity (Wildman–Crippen MR) is 60.3 cm³/mol. The van der Waals surface area contributed by atoms with E-state index in [1.54, 1.807) is 0 Å². The SMILES string of the molecule is CC(C)c1nnc2sc(C(C)(N)C(F)(F)F)nn12. The second-order valence-corrected chi connectivity index (χ2v) is 5.47. The molecular formula is C9H12F3N5S. The fourth-order valence-electron chi connectivity index (χ4n) is 1.32. The molecule has 0 aromatic carbocycles. The standard InChI is InChI=1S/C9H12F3N5S/c1-4(2)5-14-15-7-17(5)16-6(18-7)8(3,13)9(10,11)12/h4H,13H2,1-3H3. The Morgan fingerprint density at radius 3 is 2.39 bits per heavy atom. The van der Waals surface area contributed by atoms with Crippen LogP contribution in [0, 0.1) is 0 Å². The van der Waals surface area contributed by atoms with Crippen LogP contribution in [-0.4, -0.2) is 26.0 Å². The zero-order valence-corrected chi connectivity index (χ0v) is 10.8. The fraction of sp³-hybridized carbons (Fsp3) is 0.667. The van der Waals surface area contributed by atoms with Crippen molar-refractivity contribution in [2.24, 2.45) is 5.73 Å². The quantitative estimate of drug-likeness (QED) is 0.913. The van der Waals surface area contributed by atoms with Gasteiger partial charge < -0.3 is 5.73 Å². The molecule has 0 aliphatic rings. The number of nitrogens with zero attached hydrogens (tertiary/aromatic N) is 4. The van der Waals surface area contributed by atoms with Gasteiger partial charge in [-0.15, -0.1) is 10.2 Å². The molecule has 5 nitrogen and oxygen atoms in total. The van der Waals surface area contributed by atoms with Gasteiger partial charge in [-0.05, 0) is 6.92 Å². The molecule has 0 saturated carbocycles. The summed E-state index contributed by atoms with van der Waals surface area (Å²) in [6.45, 7) is 4.62. The summed E-state index contributed by atoms with van der Waals surface area (Å²) in [5.74, 6) is 0.537. The van der Waals surface area contributed by atoms with Crippen LogP contribution in [0.2, 0.25) is 0 Å². The predicted octanol–water partition coefficient (Wildman–Crippen LogP) is 2.05. The van der Waals surface area contributed by atoms with E-state index in [2.05, 4.69) is 15.3 Å². The molecular weight excluding hydrogens is 267 g/mol. The maximum atomic E-state index is 12.8. The largest absolute Gasteiger partial charge is 0.412 e. The molecule has 0 aliphatic carbocycles. The molecule has 0 radical (unpaired) electrons. The highest BCUT2D eigenvalue weighted by Crippen LogP contribution is 2.38. The van der Waals surface area contributed by atoms with Crippen molar-refractivity contribution < 1.29 is 13.2 Å². The van der Waals surface area contributed by atoms with Crippen LogP contribution in [0.3, 0.4) is 0 Å². The Labute approximate surface area is 105 Å². The Hall–Kier alpha value is -1.22. The van der Waals surface area contributed by atoms with Crippen molar-refractivity contribution in [2.75, 3.05) is 0 Å². The number of alkyl halides is 3. The molecule has 0 saturated heterocycles. The minimum atomic E-state index is -4.56. The maximum absolute atomic E-state index is 12.8. The lowest BCUT2D eigenvalue weighted by Gasteiger charge is -2.24. The van der Waals surface area contributed by atoms with Crippen molar-refractivity contribution >= 4 is 16.3 Å². The van der Waals surface area contributed by atoms with E-state index in [1.807, 2.05) is 13.8 Å². The summed E-state index contributed by atoms with van der Waals surface area (Å²) in [4.78, 5) is 0.314. The van der Waals surface area contributed by atoms with Gasteiger partial charge in [-0.1, -0.05) is 25.2 Å². The molecule has 2 heterocycles. The van der Waals surface area contributed by atoms with Crippen molar-refractivity contribution in [3.05, 3.63) is 10.8 Å². The zero-order valence-electron chi connectivity index (χ0n) is 9.99. The number of nitrogens with two attached hydrogens (primary N) is 1. The van der Waals surface area contributed by atoms with E-state index in [0.717, 1.165) is 18.3 Å². The Balaban J connectivity index is 2.55. The van der Waals surface area contributed by atoms with Crippen molar-refractivity contribution in [1.82, 2.24) is 19.8 Å². The first-order valence-electron chi connectivity index (χ1n) is 5.23. The molecule has 0 bridgehead atoms. The second-order valence-electron chi connectivity index (χ2n) is 4.51.